The fourth-order valence-corrected chi connectivity index (χ4v) is 1.68. The van der Waals surface area contributed by atoms with E-state index in [0.717, 1.165) is 12.0 Å². The van der Waals surface area contributed by atoms with E-state index in [4.69, 9.17) is 10.5 Å². The first kappa shape index (κ1) is 8.51. The summed E-state index contributed by atoms with van der Waals surface area (Å²) < 4.78 is 18.2. The monoisotopic (exact) mass is 181 g/mol. The third kappa shape index (κ3) is 1.52. The second-order valence-corrected chi connectivity index (χ2v) is 3.25. The number of hydrogen-bond donors (Lipinski definition) is 1. The molecule has 1 heterocycles. The molecule has 0 radical (unpaired) electrons. The van der Waals surface area contributed by atoms with Gasteiger partial charge in [-0.25, -0.2) is 4.39 Å². The van der Waals surface area contributed by atoms with Gasteiger partial charge in [0.05, 0.1) is 6.61 Å². The molecule has 2 rings (SSSR count). The second kappa shape index (κ2) is 3.34. The highest BCUT2D eigenvalue weighted by Crippen LogP contribution is 2.33. The van der Waals surface area contributed by atoms with Crippen LogP contribution in [0.1, 0.15) is 17.9 Å². The first-order valence-electron chi connectivity index (χ1n) is 4.43. The first-order valence-corrected chi connectivity index (χ1v) is 4.43. The minimum absolute atomic E-state index is 0.253. The van der Waals surface area contributed by atoms with E-state index in [1.165, 1.54) is 12.1 Å². The Labute approximate surface area is 76.5 Å². The van der Waals surface area contributed by atoms with Crippen LogP contribution in [0.5, 0.6) is 5.75 Å². The first-order chi connectivity index (χ1) is 6.31. The van der Waals surface area contributed by atoms with Gasteiger partial charge in [-0.3, -0.25) is 0 Å². The normalized spacial score (nSPS) is 20.6. The summed E-state index contributed by atoms with van der Waals surface area (Å²) in [4.78, 5) is 0. The van der Waals surface area contributed by atoms with Gasteiger partial charge in [-0.05, 0) is 24.6 Å². The average Bonchev–Trinajstić information content (AvgIpc) is 2.16. The molecule has 2 N–H and O–H groups in total. The minimum atomic E-state index is -0.253. The molecule has 70 valence electrons. The van der Waals surface area contributed by atoms with Gasteiger partial charge in [0.15, 0.2) is 0 Å². The van der Waals surface area contributed by atoms with Gasteiger partial charge in [-0.2, -0.15) is 0 Å². The largest absolute Gasteiger partial charge is 0.493 e. The summed E-state index contributed by atoms with van der Waals surface area (Å²) in [7, 11) is 0. The summed E-state index contributed by atoms with van der Waals surface area (Å²) in [6.07, 6.45) is 0.926. The van der Waals surface area contributed by atoms with Crippen molar-refractivity contribution in [1.29, 1.82) is 0 Å². The Morgan fingerprint density at radius 2 is 2.38 bits per heavy atom. The summed E-state index contributed by atoms with van der Waals surface area (Å²) in [6, 6.07) is 4.65. The van der Waals surface area contributed by atoms with Crippen LogP contribution in [-0.2, 0) is 0 Å². The summed E-state index contributed by atoms with van der Waals surface area (Å²) >= 11 is 0. The lowest BCUT2D eigenvalue weighted by atomic mass is 9.93. The molecule has 2 nitrogen and oxygen atoms in total. The predicted molar refractivity (Wildman–Crippen MR) is 48.3 cm³/mol. The van der Waals surface area contributed by atoms with Gasteiger partial charge in [-0.1, -0.05) is 6.07 Å². The topological polar surface area (TPSA) is 35.2 Å². The molecule has 0 aliphatic carbocycles. The third-order valence-electron chi connectivity index (χ3n) is 2.42. The van der Waals surface area contributed by atoms with Crippen LogP contribution in [0, 0.1) is 5.82 Å². The molecule has 0 spiro atoms. The quantitative estimate of drug-likeness (QED) is 0.715. The highest BCUT2D eigenvalue weighted by atomic mass is 19.1. The van der Waals surface area contributed by atoms with E-state index in [2.05, 4.69) is 0 Å². The Morgan fingerprint density at radius 1 is 1.54 bits per heavy atom. The number of nitrogens with two attached hydrogens (primary N) is 1. The molecule has 1 aliphatic rings. The van der Waals surface area contributed by atoms with Crippen molar-refractivity contribution in [2.24, 2.45) is 5.73 Å². The molecule has 1 aliphatic heterocycles. The maximum absolute atomic E-state index is 12.8. The lowest BCUT2D eigenvalue weighted by Gasteiger charge is -2.24. The van der Waals surface area contributed by atoms with Gasteiger partial charge in [0.2, 0.25) is 0 Å². The van der Waals surface area contributed by atoms with Crippen LogP contribution in [0.15, 0.2) is 18.2 Å². The molecule has 1 aromatic rings. The van der Waals surface area contributed by atoms with E-state index < -0.39 is 0 Å². The zero-order valence-corrected chi connectivity index (χ0v) is 7.29. The molecule has 0 amide bonds. The maximum Gasteiger partial charge on any atom is 0.126 e. The van der Waals surface area contributed by atoms with Crippen molar-refractivity contribution in [1.82, 2.24) is 0 Å². The van der Waals surface area contributed by atoms with E-state index in [1.54, 1.807) is 6.07 Å². The van der Waals surface area contributed by atoms with Crippen molar-refractivity contribution in [3.8, 4) is 5.75 Å². The minimum Gasteiger partial charge on any atom is -0.493 e. The van der Waals surface area contributed by atoms with Gasteiger partial charge in [-0.15, -0.1) is 0 Å². The number of fused-ring (bicyclic) bond motifs is 1. The van der Waals surface area contributed by atoms with Crippen LogP contribution in [0.4, 0.5) is 4.39 Å². The summed E-state index contributed by atoms with van der Waals surface area (Å²) in [5.41, 5.74) is 6.64. The molecule has 1 atom stereocenters. The molecule has 0 saturated heterocycles. The predicted octanol–water partition coefficient (Wildman–Crippen LogP) is 1.65. The fraction of sp³-hybridized carbons (Fsp3) is 0.400. The van der Waals surface area contributed by atoms with E-state index in [1.807, 2.05) is 0 Å². The van der Waals surface area contributed by atoms with Crippen LogP contribution < -0.4 is 10.5 Å². The summed E-state index contributed by atoms with van der Waals surface area (Å²) in [6.45, 7) is 1.24. The van der Waals surface area contributed by atoms with Gasteiger partial charge in [0.25, 0.3) is 0 Å². The number of rotatable bonds is 1. The standard InChI is InChI=1S/C10H12FNO/c11-8-1-2-9-7(6-12)3-4-13-10(9)5-8/h1-2,5,7H,3-4,6,12H2. The Balaban J connectivity index is 2.40. The fourth-order valence-electron chi connectivity index (χ4n) is 1.68. The van der Waals surface area contributed by atoms with Gasteiger partial charge >= 0.3 is 0 Å². The zero-order valence-electron chi connectivity index (χ0n) is 7.29. The van der Waals surface area contributed by atoms with Crippen LogP contribution in [-0.4, -0.2) is 13.2 Å². The Kier molecular flexibility index (Phi) is 2.19. The molecule has 0 fully saturated rings. The molecule has 1 unspecified atom stereocenters. The Morgan fingerprint density at radius 3 is 3.15 bits per heavy atom. The van der Waals surface area contributed by atoms with Crippen LogP contribution >= 0.6 is 0 Å². The van der Waals surface area contributed by atoms with Crippen molar-refractivity contribution >= 4 is 0 Å². The number of hydrogen-bond acceptors (Lipinski definition) is 2. The zero-order chi connectivity index (χ0) is 9.26. The third-order valence-corrected chi connectivity index (χ3v) is 2.42. The summed E-state index contributed by atoms with van der Waals surface area (Å²) in [5, 5.41) is 0. The number of halogens is 1. The maximum atomic E-state index is 12.8. The second-order valence-electron chi connectivity index (χ2n) is 3.25. The van der Waals surface area contributed by atoms with E-state index in [0.29, 0.717) is 24.8 Å². The molecule has 3 heteroatoms. The smallest absolute Gasteiger partial charge is 0.126 e. The molecule has 0 bridgehead atoms. The number of benzene rings is 1. The molecular weight excluding hydrogens is 169 g/mol. The van der Waals surface area contributed by atoms with Crippen molar-refractivity contribution in [2.45, 2.75) is 12.3 Å². The van der Waals surface area contributed by atoms with Gasteiger partial charge in [0, 0.05) is 12.0 Å². The highest BCUT2D eigenvalue weighted by molar-refractivity contribution is 5.38. The molecule has 13 heavy (non-hydrogen) atoms. The lowest BCUT2D eigenvalue weighted by molar-refractivity contribution is 0.267. The number of ether oxygens (including phenoxy) is 1. The van der Waals surface area contributed by atoms with Gasteiger partial charge in [0.1, 0.15) is 11.6 Å². The van der Waals surface area contributed by atoms with Crippen molar-refractivity contribution in [2.75, 3.05) is 13.2 Å². The Bertz CT molecular complexity index is 314. The van der Waals surface area contributed by atoms with Gasteiger partial charge < -0.3 is 10.5 Å². The van der Waals surface area contributed by atoms with Crippen LogP contribution in [0.3, 0.4) is 0 Å². The molecule has 1 aromatic carbocycles. The molecular formula is C10H12FNO. The van der Waals surface area contributed by atoms with E-state index >= 15 is 0 Å². The van der Waals surface area contributed by atoms with Crippen molar-refractivity contribution in [3.05, 3.63) is 29.6 Å². The molecule has 0 aromatic heterocycles. The average molecular weight is 181 g/mol. The van der Waals surface area contributed by atoms with E-state index in [9.17, 15) is 4.39 Å². The van der Waals surface area contributed by atoms with Crippen LogP contribution in [0.25, 0.3) is 0 Å². The van der Waals surface area contributed by atoms with Crippen molar-refractivity contribution in [3.63, 3.8) is 0 Å². The lowest BCUT2D eigenvalue weighted by Crippen LogP contribution is -2.20. The van der Waals surface area contributed by atoms with Crippen molar-refractivity contribution < 1.29 is 9.13 Å². The Hall–Kier alpha value is -1.09. The molecule has 0 saturated carbocycles. The SMILES string of the molecule is NCC1CCOc2cc(F)ccc21. The van der Waals surface area contributed by atoms with Crippen LogP contribution in [0.2, 0.25) is 0 Å². The summed E-state index contributed by atoms with van der Waals surface area (Å²) in [5.74, 6) is 0.725. The highest BCUT2D eigenvalue weighted by Gasteiger charge is 2.20. The van der Waals surface area contributed by atoms with E-state index in [-0.39, 0.29) is 5.82 Å².